The monoisotopic (exact) mass is 336 g/mol. The smallest absolute Gasteiger partial charge is 0.262 e. The Morgan fingerprint density at radius 3 is 2.80 bits per heavy atom. The van der Waals surface area contributed by atoms with Gasteiger partial charge in [0.25, 0.3) is 5.91 Å². The zero-order valence-corrected chi connectivity index (χ0v) is 14.5. The quantitative estimate of drug-likeness (QED) is 0.441. The van der Waals surface area contributed by atoms with E-state index in [0.717, 1.165) is 17.5 Å². The van der Waals surface area contributed by atoms with Gasteiger partial charge in [0, 0.05) is 28.6 Å². The molecule has 0 radical (unpaired) electrons. The number of ketones is 1. The highest BCUT2D eigenvalue weighted by atomic mass is 16.3. The van der Waals surface area contributed by atoms with Crippen molar-refractivity contribution in [2.45, 2.75) is 44.7 Å². The van der Waals surface area contributed by atoms with E-state index in [1.807, 2.05) is 32.2 Å². The van der Waals surface area contributed by atoms with Crippen LogP contribution in [0.15, 0.2) is 35.7 Å². The van der Waals surface area contributed by atoms with Crippen molar-refractivity contribution in [3.8, 4) is 0 Å². The number of rotatable bonds is 0. The van der Waals surface area contributed by atoms with E-state index < -0.39 is 11.6 Å². The second-order valence-electron chi connectivity index (χ2n) is 8.02. The van der Waals surface area contributed by atoms with E-state index in [0.29, 0.717) is 0 Å². The summed E-state index contributed by atoms with van der Waals surface area (Å²) in [5.41, 5.74) is 2.99. The number of nitrogens with zero attached hydrogens (tertiary/aromatic N) is 1. The lowest BCUT2D eigenvalue weighted by molar-refractivity contribution is -0.130. The summed E-state index contributed by atoms with van der Waals surface area (Å²) in [4.78, 5) is 31.0. The number of allylic oxidation sites excluding steroid dienone is 1. The van der Waals surface area contributed by atoms with Gasteiger partial charge >= 0.3 is 0 Å². The number of fused-ring (bicyclic) bond motifs is 4. The third kappa shape index (κ3) is 1.54. The summed E-state index contributed by atoms with van der Waals surface area (Å²) in [6.07, 6.45) is 2.85. The standard InChI is InChI=1S/C20H20N2O3/c1-9(23)14-18(24)17-16-11-8-21-13-6-4-5-10(15(11)13)7-12(16)20(2,3)22(17)19(14)25/h4-6,8,12,16-17,21,23H,7H2,1-3H3/t12-,16+,17+/m1/s1. The van der Waals surface area contributed by atoms with Gasteiger partial charge in [-0.1, -0.05) is 12.1 Å². The van der Waals surface area contributed by atoms with Crippen molar-refractivity contribution < 1.29 is 14.7 Å². The largest absolute Gasteiger partial charge is 0.512 e. The van der Waals surface area contributed by atoms with Crippen molar-refractivity contribution in [1.29, 1.82) is 0 Å². The molecule has 2 N–H and O–H groups in total. The van der Waals surface area contributed by atoms with E-state index in [9.17, 15) is 14.7 Å². The Hall–Kier alpha value is -2.56. The maximum atomic E-state index is 13.0. The van der Waals surface area contributed by atoms with E-state index in [-0.39, 0.29) is 34.9 Å². The summed E-state index contributed by atoms with van der Waals surface area (Å²) in [7, 11) is 0. The molecular formula is C20H20N2O3. The molecule has 25 heavy (non-hydrogen) atoms. The Balaban J connectivity index is 1.78. The zero-order chi connectivity index (χ0) is 17.7. The molecule has 1 aromatic heterocycles. The molecular weight excluding hydrogens is 316 g/mol. The van der Waals surface area contributed by atoms with Crippen molar-refractivity contribution in [2.24, 2.45) is 5.92 Å². The summed E-state index contributed by atoms with van der Waals surface area (Å²) in [6.45, 7) is 5.51. The van der Waals surface area contributed by atoms with Gasteiger partial charge in [-0.05, 0) is 50.3 Å². The van der Waals surface area contributed by atoms with Crippen LogP contribution in [0.5, 0.6) is 0 Å². The Morgan fingerprint density at radius 1 is 1.32 bits per heavy atom. The molecule has 2 fully saturated rings. The highest BCUT2D eigenvalue weighted by Gasteiger charge is 2.64. The number of hydrogen-bond acceptors (Lipinski definition) is 3. The average Bonchev–Trinajstić information content (AvgIpc) is 3.14. The van der Waals surface area contributed by atoms with Gasteiger partial charge in [-0.2, -0.15) is 0 Å². The fourth-order valence-electron chi connectivity index (χ4n) is 5.45. The second-order valence-corrected chi connectivity index (χ2v) is 8.02. The van der Waals surface area contributed by atoms with Gasteiger partial charge in [0.2, 0.25) is 0 Å². The van der Waals surface area contributed by atoms with Crippen LogP contribution < -0.4 is 0 Å². The molecule has 3 heterocycles. The molecule has 0 spiro atoms. The molecule has 0 saturated carbocycles. The van der Waals surface area contributed by atoms with Gasteiger partial charge in [0.05, 0.1) is 0 Å². The van der Waals surface area contributed by atoms with Crippen LogP contribution in [0.3, 0.4) is 0 Å². The molecule has 3 atom stereocenters. The number of aromatic amines is 1. The molecule has 1 aliphatic carbocycles. The molecule has 5 rings (SSSR count). The minimum absolute atomic E-state index is 0.0352. The number of Topliss-reactive ketones (excluding diaryl/α,β-unsaturated/α-hetero) is 1. The summed E-state index contributed by atoms with van der Waals surface area (Å²) in [5, 5.41) is 11.1. The lowest BCUT2D eigenvalue weighted by atomic mass is 9.69. The van der Waals surface area contributed by atoms with Crippen molar-refractivity contribution in [2.75, 3.05) is 0 Å². The summed E-state index contributed by atoms with van der Waals surface area (Å²) >= 11 is 0. The number of carbonyl (C=O) groups excluding carboxylic acids is 2. The summed E-state index contributed by atoms with van der Waals surface area (Å²) in [6, 6.07) is 5.72. The fourth-order valence-corrected chi connectivity index (χ4v) is 5.45. The molecule has 5 nitrogen and oxygen atoms in total. The molecule has 2 aromatic rings. The van der Waals surface area contributed by atoms with E-state index >= 15 is 0 Å². The van der Waals surface area contributed by atoms with Crippen LogP contribution in [0.25, 0.3) is 10.9 Å². The molecule has 5 heteroatoms. The molecule has 2 aliphatic heterocycles. The first-order chi connectivity index (χ1) is 11.8. The maximum Gasteiger partial charge on any atom is 0.262 e. The lowest BCUT2D eigenvalue weighted by Gasteiger charge is -2.37. The van der Waals surface area contributed by atoms with Crippen molar-refractivity contribution in [1.82, 2.24) is 9.88 Å². The number of carbonyl (C=O) groups is 2. The minimum Gasteiger partial charge on any atom is -0.512 e. The normalized spacial score (nSPS) is 31.5. The molecule has 128 valence electrons. The van der Waals surface area contributed by atoms with E-state index in [1.165, 1.54) is 17.9 Å². The van der Waals surface area contributed by atoms with Crippen LogP contribution in [0, 0.1) is 5.92 Å². The molecule has 0 bridgehead atoms. The zero-order valence-electron chi connectivity index (χ0n) is 14.5. The third-order valence-electron chi connectivity index (χ3n) is 6.51. The Labute approximate surface area is 145 Å². The topological polar surface area (TPSA) is 73.4 Å². The molecule has 0 unspecified atom stereocenters. The molecule has 3 aliphatic rings. The first-order valence-corrected chi connectivity index (χ1v) is 8.70. The fraction of sp³-hybridized carbons (Fsp3) is 0.400. The van der Waals surface area contributed by atoms with Gasteiger partial charge in [-0.15, -0.1) is 0 Å². The number of aliphatic hydroxyl groups is 1. The number of H-pyrrole nitrogens is 1. The molecule has 1 amide bonds. The van der Waals surface area contributed by atoms with Gasteiger partial charge < -0.3 is 15.0 Å². The number of aromatic nitrogens is 1. The van der Waals surface area contributed by atoms with Gasteiger partial charge in [-0.25, -0.2) is 0 Å². The second kappa shape index (κ2) is 4.34. The van der Waals surface area contributed by atoms with Crippen molar-refractivity contribution in [3.05, 3.63) is 46.9 Å². The van der Waals surface area contributed by atoms with Gasteiger partial charge in [0.1, 0.15) is 17.4 Å². The van der Waals surface area contributed by atoms with Crippen LogP contribution in [0.2, 0.25) is 0 Å². The number of amides is 1. The molecule has 2 saturated heterocycles. The SMILES string of the molecule is CC(O)=C1C(=O)[C@@H]2[C@H]3c4c[nH]c5cccc(c45)C[C@H]3C(C)(C)N2C1=O. The van der Waals surface area contributed by atoms with Crippen LogP contribution in [-0.4, -0.2) is 38.3 Å². The van der Waals surface area contributed by atoms with Crippen LogP contribution >= 0.6 is 0 Å². The van der Waals surface area contributed by atoms with E-state index in [1.54, 1.807) is 4.90 Å². The number of benzene rings is 1. The Bertz CT molecular complexity index is 994. The van der Waals surface area contributed by atoms with Crippen LogP contribution in [0.1, 0.15) is 37.8 Å². The first kappa shape index (κ1) is 14.8. The number of aliphatic hydroxyl groups excluding tert-OH is 1. The number of hydrogen-bond donors (Lipinski definition) is 2. The number of nitrogens with one attached hydrogen (secondary N) is 1. The maximum absolute atomic E-state index is 13.0. The predicted octanol–water partition coefficient (Wildman–Crippen LogP) is 2.83. The average molecular weight is 336 g/mol. The van der Waals surface area contributed by atoms with Crippen LogP contribution in [-0.2, 0) is 16.0 Å². The highest BCUT2D eigenvalue weighted by molar-refractivity contribution is 6.27. The minimum atomic E-state index is -0.517. The highest BCUT2D eigenvalue weighted by Crippen LogP contribution is 2.57. The van der Waals surface area contributed by atoms with E-state index in [2.05, 4.69) is 11.1 Å². The third-order valence-corrected chi connectivity index (χ3v) is 6.51. The molecule has 1 aromatic carbocycles. The lowest BCUT2D eigenvalue weighted by Crippen LogP contribution is -2.46. The Morgan fingerprint density at radius 2 is 2.08 bits per heavy atom. The van der Waals surface area contributed by atoms with Crippen molar-refractivity contribution in [3.63, 3.8) is 0 Å². The van der Waals surface area contributed by atoms with Gasteiger partial charge in [0.15, 0.2) is 5.78 Å². The Kier molecular flexibility index (Phi) is 2.56. The summed E-state index contributed by atoms with van der Waals surface area (Å²) < 4.78 is 0. The van der Waals surface area contributed by atoms with E-state index in [4.69, 9.17) is 0 Å². The summed E-state index contributed by atoms with van der Waals surface area (Å²) in [5.74, 6) is -0.594. The van der Waals surface area contributed by atoms with Crippen LogP contribution in [0.4, 0.5) is 0 Å². The first-order valence-electron chi connectivity index (χ1n) is 8.70. The van der Waals surface area contributed by atoms with Crippen molar-refractivity contribution >= 4 is 22.6 Å². The predicted molar refractivity (Wildman–Crippen MR) is 93.3 cm³/mol. The van der Waals surface area contributed by atoms with Gasteiger partial charge in [-0.3, -0.25) is 9.59 Å².